The minimum Gasteiger partial charge on any atom is -0.497 e. The third kappa shape index (κ3) is 2.91. The van der Waals surface area contributed by atoms with Gasteiger partial charge in [0, 0.05) is 17.7 Å². The van der Waals surface area contributed by atoms with Crippen LogP contribution in [0.15, 0.2) is 36.4 Å². The molecule has 9 heteroatoms. The zero-order valence-electron chi connectivity index (χ0n) is 12.7. The Balaban J connectivity index is 2.27. The summed E-state index contributed by atoms with van der Waals surface area (Å²) in [6.07, 6.45) is 0. The summed E-state index contributed by atoms with van der Waals surface area (Å²) in [5.41, 5.74) is -0.337. The fourth-order valence-electron chi connectivity index (χ4n) is 2.30. The molecule has 0 atom stereocenters. The molecule has 0 saturated carbocycles. The summed E-state index contributed by atoms with van der Waals surface area (Å²) in [4.78, 5) is 11.4. The molecule has 0 aliphatic carbocycles. The van der Waals surface area contributed by atoms with Gasteiger partial charge in [-0.15, -0.1) is 5.10 Å². The van der Waals surface area contributed by atoms with E-state index in [4.69, 9.17) is 4.74 Å². The number of ether oxygens (including phenoxy) is 1. The molecule has 3 aromatic rings. The van der Waals surface area contributed by atoms with Crippen LogP contribution in [0.25, 0.3) is 16.9 Å². The van der Waals surface area contributed by atoms with E-state index >= 15 is 0 Å². The van der Waals surface area contributed by atoms with Crippen LogP contribution in [0, 0.1) is 17.5 Å². The largest absolute Gasteiger partial charge is 0.497 e. The predicted molar refractivity (Wildman–Crippen MR) is 80.2 cm³/mol. The van der Waals surface area contributed by atoms with Gasteiger partial charge in [0.2, 0.25) is 0 Å². The molecule has 1 aromatic heterocycles. The number of hydrogen-bond donors (Lipinski definition) is 1. The zero-order valence-corrected chi connectivity index (χ0v) is 12.7. The van der Waals surface area contributed by atoms with Crippen LogP contribution in [-0.4, -0.2) is 33.2 Å². The number of carbonyl (C=O) groups is 1. The molecule has 25 heavy (non-hydrogen) atoms. The summed E-state index contributed by atoms with van der Waals surface area (Å²) in [5.74, 6) is -5.45. The molecule has 0 aliphatic rings. The minimum absolute atomic E-state index is 0.0307. The van der Waals surface area contributed by atoms with E-state index in [1.165, 1.54) is 13.2 Å². The van der Waals surface area contributed by atoms with Gasteiger partial charge in [-0.2, -0.15) is 0 Å². The molecule has 0 unspecified atom stereocenters. The standard InChI is InChI=1S/C16H10F3N3O3/c1-25-10-4-2-3-8(5-10)15-14(16(23)24)20-21-22(15)9-6-11(17)13(19)12(18)7-9/h2-7H,1H3,(H,23,24). The number of methoxy groups -OCH3 is 1. The van der Waals surface area contributed by atoms with E-state index in [1.54, 1.807) is 18.2 Å². The Morgan fingerprint density at radius 2 is 1.84 bits per heavy atom. The predicted octanol–water partition coefficient (Wildman–Crippen LogP) is 3.06. The van der Waals surface area contributed by atoms with Gasteiger partial charge in [-0.05, 0) is 12.1 Å². The summed E-state index contributed by atoms with van der Waals surface area (Å²) in [6.45, 7) is 0. The average molecular weight is 349 g/mol. The highest BCUT2D eigenvalue weighted by Crippen LogP contribution is 2.29. The van der Waals surface area contributed by atoms with Crippen LogP contribution in [0.5, 0.6) is 5.75 Å². The van der Waals surface area contributed by atoms with Crippen LogP contribution in [0.1, 0.15) is 10.5 Å². The summed E-state index contributed by atoms with van der Waals surface area (Å²) < 4.78 is 46.2. The lowest BCUT2D eigenvalue weighted by molar-refractivity contribution is 0.0691. The van der Waals surface area contributed by atoms with Gasteiger partial charge in [0.15, 0.2) is 23.1 Å². The number of nitrogens with zero attached hydrogens (tertiary/aromatic N) is 3. The second-order valence-corrected chi connectivity index (χ2v) is 4.96. The lowest BCUT2D eigenvalue weighted by Gasteiger charge is -2.09. The maximum atomic E-state index is 13.5. The highest BCUT2D eigenvalue weighted by molar-refractivity contribution is 5.93. The first kappa shape index (κ1) is 16.5. The number of halogens is 3. The maximum Gasteiger partial charge on any atom is 0.358 e. The molecule has 1 N–H and O–H groups in total. The van der Waals surface area contributed by atoms with Gasteiger partial charge in [-0.1, -0.05) is 17.3 Å². The molecule has 0 fully saturated rings. The summed E-state index contributed by atoms with van der Waals surface area (Å²) >= 11 is 0. The zero-order chi connectivity index (χ0) is 18.1. The topological polar surface area (TPSA) is 77.2 Å². The van der Waals surface area contributed by atoms with Crippen molar-refractivity contribution in [2.45, 2.75) is 0 Å². The van der Waals surface area contributed by atoms with Gasteiger partial charge >= 0.3 is 5.97 Å². The van der Waals surface area contributed by atoms with Crippen molar-refractivity contribution in [3.8, 4) is 22.7 Å². The van der Waals surface area contributed by atoms with Crippen LogP contribution in [0.2, 0.25) is 0 Å². The van der Waals surface area contributed by atoms with E-state index in [0.717, 1.165) is 4.68 Å². The lowest BCUT2D eigenvalue weighted by atomic mass is 10.1. The molecule has 0 radical (unpaired) electrons. The lowest BCUT2D eigenvalue weighted by Crippen LogP contribution is -2.05. The maximum absolute atomic E-state index is 13.5. The van der Waals surface area contributed by atoms with E-state index in [9.17, 15) is 23.1 Å². The molecule has 0 amide bonds. The Bertz CT molecular complexity index is 949. The fourth-order valence-corrected chi connectivity index (χ4v) is 2.30. The van der Waals surface area contributed by atoms with E-state index in [2.05, 4.69) is 10.3 Å². The van der Waals surface area contributed by atoms with E-state index in [1.807, 2.05) is 0 Å². The summed E-state index contributed by atoms with van der Waals surface area (Å²) in [5, 5.41) is 16.5. The first-order valence-electron chi connectivity index (χ1n) is 6.90. The van der Waals surface area contributed by atoms with Crippen molar-refractivity contribution in [2.24, 2.45) is 0 Å². The Morgan fingerprint density at radius 1 is 1.16 bits per heavy atom. The quantitative estimate of drug-likeness (QED) is 0.733. The van der Waals surface area contributed by atoms with Gasteiger partial charge in [0.05, 0.1) is 12.8 Å². The smallest absolute Gasteiger partial charge is 0.358 e. The van der Waals surface area contributed by atoms with Crippen LogP contribution >= 0.6 is 0 Å². The van der Waals surface area contributed by atoms with Crippen molar-refractivity contribution >= 4 is 5.97 Å². The molecular formula is C16H10F3N3O3. The first-order valence-corrected chi connectivity index (χ1v) is 6.90. The van der Waals surface area contributed by atoms with Gasteiger partial charge in [0.25, 0.3) is 0 Å². The van der Waals surface area contributed by atoms with Gasteiger partial charge in [-0.3, -0.25) is 0 Å². The fraction of sp³-hybridized carbons (Fsp3) is 0.0625. The third-order valence-corrected chi connectivity index (χ3v) is 3.43. The van der Waals surface area contributed by atoms with Crippen molar-refractivity contribution in [1.29, 1.82) is 0 Å². The Labute approximate surface area is 139 Å². The van der Waals surface area contributed by atoms with E-state index < -0.39 is 29.1 Å². The van der Waals surface area contributed by atoms with Crippen molar-refractivity contribution in [1.82, 2.24) is 15.0 Å². The van der Waals surface area contributed by atoms with Crippen molar-refractivity contribution in [2.75, 3.05) is 7.11 Å². The normalized spacial score (nSPS) is 10.7. The second kappa shape index (κ2) is 6.27. The average Bonchev–Trinajstić information content (AvgIpc) is 3.04. The molecule has 1 heterocycles. The van der Waals surface area contributed by atoms with Crippen molar-refractivity contribution in [3.63, 3.8) is 0 Å². The second-order valence-electron chi connectivity index (χ2n) is 4.96. The highest BCUT2D eigenvalue weighted by atomic mass is 19.2. The first-order chi connectivity index (χ1) is 11.9. The number of hydrogen-bond acceptors (Lipinski definition) is 4. The molecule has 0 spiro atoms. The monoisotopic (exact) mass is 349 g/mol. The van der Waals surface area contributed by atoms with Crippen molar-refractivity contribution in [3.05, 3.63) is 59.5 Å². The Hall–Kier alpha value is -3.36. The number of benzene rings is 2. The number of aromatic nitrogens is 3. The van der Waals surface area contributed by atoms with Gasteiger partial charge in [-0.25, -0.2) is 22.6 Å². The number of aromatic carboxylic acids is 1. The number of carboxylic acid groups (broad SMARTS) is 1. The number of carboxylic acids is 1. The molecule has 3 rings (SSSR count). The molecule has 2 aromatic carbocycles. The van der Waals surface area contributed by atoms with Crippen LogP contribution in [0.4, 0.5) is 13.2 Å². The number of rotatable bonds is 4. The van der Waals surface area contributed by atoms with Crippen LogP contribution in [0.3, 0.4) is 0 Å². The molecule has 128 valence electrons. The van der Waals surface area contributed by atoms with Crippen LogP contribution in [-0.2, 0) is 0 Å². The van der Waals surface area contributed by atoms with E-state index in [0.29, 0.717) is 23.4 Å². The highest BCUT2D eigenvalue weighted by Gasteiger charge is 2.23. The molecular weight excluding hydrogens is 339 g/mol. The van der Waals surface area contributed by atoms with E-state index in [-0.39, 0.29) is 11.4 Å². The van der Waals surface area contributed by atoms with Crippen LogP contribution < -0.4 is 4.74 Å². The minimum atomic E-state index is -1.63. The summed E-state index contributed by atoms with van der Waals surface area (Å²) in [6, 6.07) is 7.70. The Kier molecular flexibility index (Phi) is 4.14. The molecule has 6 nitrogen and oxygen atoms in total. The van der Waals surface area contributed by atoms with Gasteiger partial charge in [0.1, 0.15) is 11.4 Å². The Morgan fingerprint density at radius 3 is 2.44 bits per heavy atom. The molecule has 0 aliphatic heterocycles. The molecule has 0 bridgehead atoms. The van der Waals surface area contributed by atoms with Gasteiger partial charge < -0.3 is 9.84 Å². The van der Waals surface area contributed by atoms with Crippen molar-refractivity contribution < 1.29 is 27.8 Å². The molecule has 0 saturated heterocycles. The third-order valence-electron chi connectivity index (χ3n) is 3.43. The SMILES string of the molecule is COc1cccc(-c2c(C(=O)O)nnn2-c2cc(F)c(F)c(F)c2)c1. The summed E-state index contributed by atoms with van der Waals surface area (Å²) in [7, 11) is 1.43.